The molecule has 0 spiro atoms. The maximum absolute atomic E-state index is 12.0. The molecular weight excluding hydrogens is 357 g/mol. The first-order chi connectivity index (χ1) is 12.0. The average molecular weight is 376 g/mol. The summed E-state index contributed by atoms with van der Waals surface area (Å²) in [5.74, 6) is 0.0467. The standard InChI is InChI=1S/C19H19Cl2N3O/c1-13-2-4-14(5-3-13)6-7-18(25)22-9-8-16-12-24-11-15(20)10-17(21)19(24)23-16/h2-5,10-12H,6-9H2,1H3,(H,22,25). The average Bonchev–Trinajstić information content (AvgIpc) is 2.97. The van der Waals surface area contributed by atoms with Crippen LogP contribution in [0.5, 0.6) is 0 Å². The lowest BCUT2D eigenvalue weighted by Crippen LogP contribution is -2.25. The second-order valence-electron chi connectivity index (χ2n) is 6.05. The van der Waals surface area contributed by atoms with Gasteiger partial charge in [-0.15, -0.1) is 0 Å². The minimum atomic E-state index is 0.0467. The molecule has 6 heteroatoms. The van der Waals surface area contributed by atoms with E-state index >= 15 is 0 Å². The van der Waals surface area contributed by atoms with Crippen molar-refractivity contribution in [1.82, 2.24) is 14.7 Å². The Kier molecular flexibility index (Phi) is 5.61. The van der Waals surface area contributed by atoms with Crippen molar-refractivity contribution in [2.45, 2.75) is 26.2 Å². The number of nitrogens with zero attached hydrogens (tertiary/aromatic N) is 2. The van der Waals surface area contributed by atoms with Crippen molar-refractivity contribution in [3.63, 3.8) is 0 Å². The molecule has 0 aliphatic carbocycles. The minimum Gasteiger partial charge on any atom is -0.356 e. The van der Waals surface area contributed by atoms with Gasteiger partial charge in [-0.2, -0.15) is 0 Å². The zero-order valence-corrected chi connectivity index (χ0v) is 15.4. The van der Waals surface area contributed by atoms with Gasteiger partial charge in [-0.3, -0.25) is 4.79 Å². The summed E-state index contributed by atoms with van der Waals surface area (Å²) in [7, 11) is 0. The number of hydrogen-bond donors (Lipinski definition) is 1. The SMILES string of the molecule is Cc1ccc(CCC(=O)NCCc2cn3cc(Cl)cc(Cl)c3n2)cc1. The third-order valence-electron chi connectivity index (χ3n) is 3.99. The quantitative estimate of drug-likeness (QED) is 0.700. The Bertz CT molecular complexity index is 888. The lowest BCUT2D eigenvalue weighted by molar-refractivity contribution is -0.121. The Labute approximate surface area is 156 Å². The number of rotatable bonds is 6. The lowest BCUT2D eigenvalue weighted by atomic mass is 10.1. The maximum atomic E-state index is 12.0. The van der Waals surface area contributed by atoms with Crippen molar-refractivity contribution in [2.24, 2.45) is 0 Å². The molecule has 1 aromatic carbocycles. The first-order valence-corrected chi connectivity index (χ1v) is 8.92. The molecule has 3 aromatic rings. The summed E-state index contributed by atoms with van der Waals surface area (Å²) in [6.45, 7) is 2.60. The van der Waals surface area contributed by atoms with Crippen molar-refractivity contribution < 1.29 is 4.79 Å². The van der Waals surface area contributed by atoms with Gasteiger partial charge in [0.2, 0.25) is 5.91 Å². The van der Waals surface area contributed by atoms with Crippen LogP contribution >= 0.6 is 23.2 Å². The number of benzene rings is 1. The van der Waals surface area contributed by atoms with Crippen molar-refractivity contribution in [2.75, 3.05) is 6.54 Å². The van der Waals surface area contributed by atoms with Crippen LogP contribution in [-0.2, 0) is 17.6 Å². The zero-order chi connectivity index (χ0) is 17.8. The van der Waals surface area contributed by atoms with E-state index in [0.717, 1.165) is 12.1 Å². The number of aryl methyl sites for hydroxylation is 2. The molecule has 0 unspecified atom stereocenters. The first-order valence-electron chi connectivity index (χ1n) is 8.16. The van der Waals surface area contributed by atoms with Gasteiger partial charge in [-0.05, 0) is 25.0 Å². The summed E-state index contributed by atoms with van der Waals surface area (Å²) in [5, 5.41) is 4.01. The predicted octanol–water partition coefficient (Wildman–Crippen LogP) is 4.24. The third-order valence-corrected chi connectivity index (χ3v) is 4.47. The highest BCUT2D eigenvalue weighted by molar-refractivity contribution is 6.36. The molecule has 1 N–H and O–H groups in total. The third kappa shape index (κ3) is 4.74. The van der Waals surface area contributed by atoms with Gasteiger partial charge in [0.25, 0.3) is 0 Å². The number of aromatic nitrogens is 2. The molecule has 0 aliphatic heterocycles. The van der Waals surface area contributed by atoms with Gasteiger partial charge in [0.05, 0.1) is 15.7 Å². The number of carbonyl (C=O) groups excluding carboxylic acids is 1. The van der Waals surface area contributed by atoms with Crippen molar-refractivity contribution in [3.05, 3.63) is 69.6 Å². The summed E-state index contributed by atoms with van der Waals surface area (Å²) in [6, 6.07) is 9.92. The number of carbonyl (C=O) groups is 1. The van der Waals surface area contributed by atoms with Crippen molar-refractivity contribution in [1.29, 1.82) is 0 Å². The summed E-state index contributed by atoms with van der Waals surface area (Å²) >= 11 is 12.1. The van der Waals surface area contributed by atoms with E-state index in [1.54, 1.807) is 16.7 Å². The molecule has 0 aliphatic rings. The van der Waals surface area contributed by atoms with Gasteiger partial charge < -0.3 is 9.72 Å². The van der Waals surface area contributed by atoms with E-state index in [-0.39, 0.29) is 5.91 Å². The number of imidazole rings is 1. The Morgan fingerprint density at radius 2 is 1.92 bits per heavy atom. The Morgan fingerprint density at radius 1 is 1.16 bits per heavy atom. The van der Waals surface area contributed by atoms with E-state index in [0.29, 0.717) is 35.1 Å². The van der Waals surface area contributed by atoms with Gasteiger partial charge in [0.15, 0.2) is 5.65 Å². The summed E-state index contributed by atoms with van der Waals surface area (Å²) in [5.41, 5.74) is 3.93. The van der Waals surface area contributed by atoms with Crippen molar-refractivity contribution in [3.8, 4) is 0 Å². The highest BCUT2D eigenvalue weighted by Gasteiger charge is 2.08. The van der Waals surface area contributed by atoms with Crippen LogP contribution in [0.25, 0.3) is 5.65 Å². The molecule has 0 fully saturated rings. The molecular formula is C19H19Cl2N3O. The smallest absolute Gasteiger partial charge is 0.220 e. The molecule has 130 valence electrons. The second kappa shape index (κ2) is 7.89. The van der Waals surface area contributed by atoms with Gasteiger partial charge in [0.1, 0.15) is 0 Å². The van der Waals surface area contributed by atoms with Gasteiger partial charge in [-0.25, -0.2) is 4.98 Å². The molecule has 0 saturated heterocycles. The Hall–Kier alpha value is -2.04. The number of hydrogen-bond acceptors (Lipinski definition) is 2. The number of fused-ring (bicyclic) bond motifs is 1. The fourth-order valence-electron chi connectivity index (χ4n) is 2.63. The molecule has 0 saturated carbocycles. The van der Waals surface area contributed by atoms with Crippen LogP contribution in [0, 0.1) is 6.92 Å². The van der Waals surface area contributed by atoms with Crippen LogP contribution in [0.1, 0.15) is 23.2 Å². The topological polar surface area (TPSA) is 46.4 Å². The van der Waals surface area contributed by atoms with Crippen LogP contribution in [0.15, 0.2) is 42.7 Å². The summed E-state index contributed by atoms with van der Waals surface area (Å²) in [6.07, 6.45) is 5.52. The Balaban J connectivity index is 1.48. The predicted molar refractivity (Wildman–Crippen MR) is 101 cm³/mol. The molecule has 0 bridgehead atoms. The van der Waals surface area contributed by atoms with Crippen molar-refractivity contribution >= 4 is 34.8 Å². The maximum Gasteiger partial charge on any atom is 0.220 e. The first kappa shape index (κ1) is 17.8. The van der Waals surface area contributed by atoms with Gasteiger partial charge in [0, 0.05) is 31.8 Å². The van der Waals surface area contributed by atoms with Crippen LogP contribution in [0.4, 0.5) is 0 Å². The number of nitrogens with one attached hydrogen (secondary N) is 1. The molecule has 0 radical (unpaired) electrons. The zero-order valence-electron chi connectivity index (χ0n) is 13.9. The summed E-state index contributed by atoms with van der Waals surface area (Å²) < 4.78 is 1.80. The Morgan fingerprint density at radius 3 is 2.68 bits per heavy atom. The number of amides is 1. The monoisotopic (exact) mass is 375 g/mol. The summed E-state index contributed by atoms with van der Waals surface area (Å²) in [4.78, 5) is 16.4. The fraction of sp³-hybridized carbons (Fsp3) is 0.263. The largest absolute Gasteiger partial charge is 0.356 e. The number of pyridine rings is 1. The molecule has 1 amide bonds. The van der Waals surface area contributed by atoms with Gasteiger partial charge >= 0.3 is 0 Å². The molecule has 25 heavy (non-hydrogen) atoms. The number of halogens is 2. The minimum absolute atomic E-state index is 0.0467. The highest BCUT2D eigenvalue weighted by Crippen LogP contribution is 2.21. The van der Waals surface area contributed by atoms with E-state index in [1.807, 2.05) is 6.20 Å². The van der Waals surface area contributed by atoms with Crippen LogP contribution in [-0.4, -0.2) is 21.8 Å². The fourth-order valence-corrected chi connectivity index (χ4v) is 3.15. The second-order valence-corrected chi connectivity index (χ2v) is 6.90. The normalized spacial score (nSPS) is 11.0. The molecule has 0 atom stereocenters. The van der Waals surface area contributed by atoms with E-state index in [2.05, 4.69) is 41.5 Å². The van der Waals surface area contributed by atoms with Gasteiger partial charge in [-0.1, -0.05) is 53.0 Å². The molecule has 3 rings (SSSR count). The molecule has 2 aromatic heterocycles. The molecule has 4 nitrogen and oxygen atoms in total. The van der Waals surface area contributed by atoms with E-state index in [1.165, 1.54) is 11.1 Å². The van der Waals surface area contributed by atoms with E-state index < -0.39 is 0 Å². The van der Waals surface area contributed by atoms with Crippen LogP contribution in [0.3, 0.4) is 0 Å². The van der Waals surface area contributed by atoms with Crippen LogP contribution in [0.2, 0.25) is 10.0 Å². The van der Waals surface area contributed by atoms with E-state index in [4.69, 9.17) is 23.2 Å². The van der Waals surface area contributed by atoms with E-state index in [9.17, 15) is 4.79 Å². The van der Waals surface area contributed by atoms with Crippen LogP contribution < -0.4 is 5.32 Å². The lowest BCUT2D eigenvalue weighted by Gasteiger charge is -2.04. The highest BCUT2D eigenvalue weighted by atomic mass is 35.5. The molecule has 2 heterocycles.